The van der Waals surface area contributed by atoms with E-state index in [-0.39, 0.29) is 17.3 Å². The molecule has 0 atom stereocenters. The predicted octanol–water partition coefficient (Wildman–Crippen LogP) is 2.82. The van der Waals surface area contributed by atoms with Gasteiger partial charge in [0.15, 0.2) is 0 Å². The van der Waals surface area contributed by atoms with Crippen LogP contribution in [-0.2, 0) is 6.42 Å². The van der Waals surface area contributed by atoms with E-state index in [9.17, 15) is 14.9 Å². The van der Waals surface area contributed by atoms with Crippen molar-refractivity contribution in [3.63, 3.8) is 0 Å². The minimum Gasteiger partial charge on any atom is -0.475 e. The topological polar surface area (TPSA) is 106 Å². The van der Waals surface area contributed by atoms with E-state index < -0.39 is 10.9 Å². The highest BCUT2D eigenvalue weighted by Crippen LogP contribution is 2.27. The maximum atomic E-state index is 11.0. The molecule has 0 amide bonds. The van der Waals surface area contributed by atoms with Gasteiger partial charge in [-0.2, -0.15) is 0 Å². The number of carboxylic acid groups (broad SMARTS) is 1. The number of nitrogens with zero attached hydrogens (tertiary/aromatic N) is 2. The van der Waals surface area contributed by atoms with E-state index in [0.29, 0.717) is 23.2 Å². The van der Waals surface area contributed by atoms with E-state index in [1.165, 1.54) is 12.1 Å². The molecule has 0 saturated carbocycles. The van der Waals surface area contributed by atoms with E-state index in [4.69, 9.17) is 9.52 Å². The molecule has 0 unspecified atom stereocenters. The molecule has 104 valence electrons. The van der Waals surface area contributed by atoms with Crippen LogP contribution < -0.4 is 0 Å². The second-order valence-corrected chi connectivity index (χ2v) is 4.21. The Labute approximate surface area is 114 Å². The number of hydrogen-bond donors (Lipinski definition) is 1. The Kier molecular flexibility index (Phi) is 3.51. The average molecular weight is 276 g/mol. The van der Waals surface area contributed by atoms with Crippen molar-refractivity contribution < 1.29 is 19.2 Å². The fraction of sp³-hybridized carbons (Fsp3) is 0.231. The van der Waals surface area contributed by atoms with Gasteiger partial charge in [0.05, 0.1) is 10.6 Å². The first-order valence-electron chi connectivity index (χ1n) is 5.92. The molecule has 0 spiro atoms. The number of oxazole rings is 1. The van der Waals surface area contributed by atoms with E-state index in [1.54, 1.807) is 19.9 Å². The summed E-state index contributed by atoms with van der Waals surface area (Å²) in [6.07, 6.45) is 0.428. The summed E-state index contributed by atoms with van der Waals surface area (Å²) in [6, 6.07) is 4.39. The molecule has 1 aromatic carbocycles. The number of rotatable bonds is 4. The first kappa shape index (κ1) is 13.7. The van der Waals surface area contributed by atoms with Crippen molar-refractivity contribution in [3.05, 3.63) is 45.3 Å². The van der Waals surface area contributed by atoms with Crippen LogP contribution in [0.25, 0.3) is 11.5 Å². The largest absolute Gasteiger partial charge is 0.475 e. The van der Waals surface area contributed by atoms with Crippen molar-refractivity contribution in [1.82, 2.24) is 4.98 Å². The summed E-state index contributed by atoms with van der Waals surface area (Å²) in [6.45, 7) is 3.37. The van der Waals surface area contributed by atoms with Crippen molar-refractivity contribution in [1.29, 1.82) is 0 Å². The Morgan fingerprint density at radius 2 is 2.20 bits per heavy atom. The molecule has 1 aromatic heterocycles. The van der Waals surface area contributed by atoms with Gasteiger partial charge in [-0.05, 0) is 25.5 Å². The molecule has 0 aliphatic heterocycles. The number of aromatic nitrogens is 1. The smallest absolute Gasteiger partial charge is 0.373 e. The molecule has 2 aromatic rings. The van der Waals surface area contributed by atoms with Gasteiger partial charge in [-0.1, -0.05) is 6.92 Å². The number of aryl methyl sites for hydroxylation is 2. The van der Waals surface area contributed by atoms with Gasteiger partial charge in [0.1, 0.15) is 0 Å². The number of benzene rings is 1. The van der Waals surface area contributed by atoms with Gasteiger partial charge < -0.3 is 9.52 Å². The Morgan fingerprint density at radius 3 is 2.65 bits per heavy atom. The number of nitro benzene ring substituents is 1. The van der Waals surface area contributed by atoms with Gasteiger partial charge in [0.2, 0.25) is 11.7 Å². The molecule has 7 nitrogen and oxygen atoms in total. The van der Waals surface area contributed by atoms with Crippen LogP contribution in [0.1, 0.15) is 28.7 Å². The molecule has 0 aliphatic rings. The van der Waals surface area contributed by atoms with Crippen LogP contribution in [0.4, 0.5) is 5.69 Å². The highest BCUT2D eigenvalue weighted by Gasteiger charge is 2.20. The van der Waals surface area contributed by atoms with Crippen molar-refractivity contribution in [2.45, 2.75) is 20.3 Å². The van der Waals surface area contributed by atoms with Crippen LogP contribution in [0.2, 0.25) is 0 Å². The van der Waals surface area contributed by atoms with Crippen LogP contribution in [0.15, 0.2) is 22.6 Å². The summed E-state index contributed by atoms with van der Waals surface area (Å²) < 4.78 is 5.23. The maximum absolute atomic E-state index is 11.0. The van der Waals surface area contributed by atoms with E-state index in [0.717, 1.165) is 0 Å². The lowest BCUT2D eigenvalue weighted by Gasteiger charge is -1.99. The average Bonchev–Trinajstić information content (AvgIpc) is 2.82. The van der Waals surface area contributed by atoms with Crippen molar-refractivity contribution >= 4 is 11.7 Å². The number of hydrogen-bond acceptors (Lipinski definition) is 5. The van der Waals surface area contributed by atoms with Gasteiger partial charge >= 0.3 is 5.97 Å². The summed E-state index contributed by atoms with van der Waals surface area (Å²) in [5.41, 5.74) is 1.31. The number of carbonyl (C=O) groups is 1. The molecule has 1 heterocycles. The molecule has 1 N–H and O–H groups in total. The third kappa shape index (κ3) is 2.37. The van der Waals surface area contributed by atoms with Crippen LogP contribution >= 0.6 is 0 Å². The standard InChI is InChI=1S/C13H12N2O5/c1-3-9-11(13(16)17)20-12(14-9)8-4-5-10(15(18)19)7(2)6-8/h4-6H,3H2,1-2H3,(H,16,17). The second kappa shape index (κ2) is 5.12. The van der Waals surface area contributed by atoms with E-state index >= 15 is 0 Å². The lowest BCUT2D eigenvalue weighted by Crippen LogP contribution is -1.98. The summed E-state index contributed by atoms with van der Waals surface area (Å²) in [5.74, 6) is -1.23. The predicted molar refractivity (Wildman–Crippen MR) is 69.7 cm³/mol. The quantitative estimate of drug-likeness (QED) is 0.679. The maximum Gasteiger partial charge on any atom is 0.373 e. The molecule has 7 heteroatoms. The number of carboxylic acids is 1. The van der Waals surface area contributed by atoms with Gasteiger partial charge in [0.25, 0.3) is 5.69 Å². The Bertz CT molecular complexity index is 690. The molecule has 0 radical (unpaired) electrons. The minimum absolute atomic E-state index is 0.00511. The summed E-state index contributed by atoms with van der Waals surface area (Å²) in [7, 11) is 0. The SMILES string of the molecule is CCc1nc(-c2ccc([N+](=O)[O-])c(C)c2)oc1C(=O)O. The van der Waals surface area contributed by atoms with Crippen LogP contribution in [0.3, 0.4) is 0 Å². The number of nitro groups is 1. The Hall–Kier alpha value is -2.70. The first-order valence-corrected chi connectivity index (χ1v) is 5.92. The van der Waals surface area contributed by atoms with Gasteiger partial charge in [0, 0.05) is 17.2 Å². The lowest BCUT2D eigenvalue weighted by atomic mass is 10.1. The highest BCUT2D eigenvalue weighted by molar-refractivity contribution is 5.86. The van der Waals surface area contributed by atoms with Crippen molar-refractivity contribution in [2.24, 2.45) is 0 Å². The zero-order chi connectivity index (χ0) is 14.9. The molecule has 0 aliphatic carbocycles. The lowest BCUT2D eigenvalue weighted by molar-refractivity contribution is -0.385. The fourth-order valence-electron chi connectivity index (χ4n) is 1.88. The minimum atomic E-state index is -1.18. The first-order chi connectivity index (χ1) is 9.43. The van der Waals surface area contributed by atoms with Gasteiger partial charge in [-0.25, -0.2) is 9.78 Å². The third-order valence-electron chi connectivity index (χ3n) is 2.87. The molecule has 0 fully saturated rings. The number of aromatic carboxylic acids is 1. The normalized spacial score (nSPS) is 10.5. The zero-order valence-electron chi connectivity index (χ0n) is 10.9. The van der Waals surface area contributed by atoms with Crippen molar-refractivity contribution in [2.75, 3.05) is 0 Å². The molecule has 0 bridgehead atoms. The molecule has 2 rings (SSSR count). The van der Waals surface area contributed by atoms with Gasteiger partial charge in [-0.15, -0.1) is 0 Å². The Balaban J connectivity index is 2.49. The van der Waals surface area contributed by atoms with Crippen LogP contribution in [-0.4, -0.2) is 21.0 Å². The van der Waals surface area contributed by atoms with E-state index in [2.05, 4.69) is 4.98 Å². The van der Waals surface area contributed by atoms with Crippen LogP contribution in [0.5, 0.6) is 0 Å². The van der Waals surface area contributed by atoms with Crippen LogP contribution in [0, 0.1) is 17.0 Å². The van der Waals surface area contributed by atoms with Crippen molar-refractivity contribution in [3.8, 4) is 11.5 Å². The molecular weight excluding hydrogens is 264 g/mol. The summed E-state index contributed by atoms with van der Waals surface area (Å²) >= 11 is 0. The molecule has 0 saturated heterocycles. The third-order valence-corrected chi connectivity index (χ3v) is 2.87. The second-order valence-electron chi connectivity index (χ2n) is 4.21. The monoisotopic (exact) mass is 276 g/mol. The summed E-state index contributed by atoms with van der Waals surface area (Å²) in [5, 5.41) is 19.8. The summed E-state index contributed by atoms with van der Waals surface area (Å²) in [4.78, 5) is 25.4. The molecule has 20 heavy (non-hydrogen) atoms. The Morgan fingerprint density at radius 1 is 1.50 bits per heavy atom. The van der Waals surface area contributed by atoms with Gasteiger partial charge in [-0.3, -0.25) is 10.1 Å². The van der Waals surface area contributed by atoms with E-state index in [1.807, 2.05) is 0 Å². The zero-order valence-corrected chi connectivity index (χ0v) is 10.9. The molecular formula is C13H12N2O5. The highest BCUT2D eigenvalue weighted by atomic mass is 16.6. The fourth-order valence-corrected chi connectivity index (χ4v) is 1.88.